The number of nitrogens with zero attached hydrogens (tertiary/aromatic N) is 8. The maximum Gasteiger partial charge on any atom is 0.163 e. The maximum atomic E-state index is 4.52. The van der Waals surface area contributed by atoms with Crippen molar-refractivity contribution in [3.8, 4) is 0 Å². The highest BCUT2D eigenvalue weighted by Crippen LogP contribution is 2.29. The fourth-order valence-corrected chi connectivity index (χ4v) is 4.19. The summed E-state index contributed by atoms with van der Waals surface area (Å²) in [5.41, 5.74) is 1.88. The summed E-state index contributed by atoms with van der Waals surface area (Å²) in [5, 5.41) is 7.37. The first-order valence-corrected chi connectivity index (χ1v) is 9.00. The maximum absolute atomic E-state index is 4.52. The molecule has 1 aliphatic heterocycles. The van der Waals surface area contributed by atoms with Crippen LogP contribution in [0.5, 0.6) is 0 Å². The third-order valence-electron chi connectivity index (χ3n) is 4.61. The molecule has 0 bridgehead atoms. The quantitative estimate of drug-likeness (QED) is 0.543. The highest BCUT2D eigenvalue weighted by molar-refractivity contribution is 7.17. The second-order valence-electron chi connectivity index (χ2n) is 6.01. The first-order valence-electron chi connectivity index (χ1n) is 8.12. The van der Waals surface area contributed by atoms with Gasteiger partial charge < -0.3 is 9.80 Å². The zero-order valence-electron chi connectivity index (χ0n) is 13.7. The zero-order chi connectivity index (χ0) is 16.8. The Hall–Kier alpha value is -2.81. The van der Waals surface area contributed by atoms with Gasteiger partial charge >= 0.3 is 0 Å². The van der Waals surface area contributed by atoms with Crippen molar-refractivity contribution in [1.29, 1.82) is 0 Å². The van der Waals surface area contributed by atoms with Gasteiger partial charge in [0.2, 0.25) is 0 Å². The summed E-state index contributed by atoms with van der Waals surface area (Å²) in [6.07, 6.45) is 5.11. The lowest BCUT2D eigenvalue weighted by molar-refractivity contribution is 0.644. The number of hydrogen-bond donors (Lipinski definition) is 0. The van der Waals surface area contributed by atoms with Crippen molar-refractivity contribution in [2.75, 3.05) is 36.0 Å². The number of aryl methyl sites for hydroxylation is 1. The zero-order valence-corrected chi connectivity index (χ0v) is 14.5. The van der Waals surface area contributed by atoms with E-state index >= 15 is 0 Å². The molecule has 9 heteroatoms. The molecule has 4 aromatic heterocycles. The summed E-state index contributed by atoms with van der Waals surface area (Å²) in [6.45, 7) is 3.57. The van der Waals surface area contributed by atoms with Crippen LogP contribution in [0.2, 0.25) is 0 Å². The lowest BCUT2D eigenvalue weighted by Crippen LogP contribution is -2.47. The molecule has 126 valence electrons. The number of aromatic nitrogens is 6. The first-order chi connectivity index (χ1) is 12.3. The van der Waals surface area contributed by atoms with Gasteiger partial charge in [0.1, 0.15) is 24.3 Å². The summed E-state index contributed by atoms with van der Waals surface area (Å²) >= 11 is 1.70. The van der Waals surface area contributed by atoms with E-state index in [9.17, 15) is 0 Å². The summed E-state index contributed by atoms with van der Waals surface area (Å²) in [4.78, 5) is 22.3. The van der Waals surface area contributed by atoms with Gasteiger partial charge in [0.15, 0.2) is 5.65 Å². The van der Waals surface area contributed by atoms with Crippen molar-refractivity contribution in [2.24, 2.45) is 7.05 Å². The molecule has 0 atom stereocenters. The highest BCUT2D eigenvalue weighted by Gasteiger charge is 2.23. The monoisotopic (exact) mass is 352 g/mol. The summed E-state index contributed by atoms with van der Waals surface area (Å²) in [7, 11) is 1.90. The molecule has 0 spiro atoms. The third kappa shape index (κ3) is 2.30. The van der Waals surface area contributed by atoms with Gasteiger partial charge in [-0.15, -0.1) is 11.3 Å². The Morgan fingerprint density at radius 3 is 2.48 bits per heavy atom. The van der Waals surface area contributed by atoms with Crippen LogP contribution >= 0.6 is 11.3 Å². The highest BCUT2D eigenvalue weighted by atomic mass is 32.1. The number of hydrogen-bond acceptors (Lipinski definition) is 8. The smallest absolute Gasteiger partial charge is 0.163 e. The second-order valence-corrected chi connectivity index (χ2v) is 6.93. The molecular formula is C16H16N8S. The summed E-state index contributed by atoms with van der Waals surface area (Å²) < 4.78 is 2.94. The van der Waals surface area contributed by atoms with E-state index in [1.165, 1.54) is 0 Å². The van der Waals surface area contributed by atoms with Gasteiger partial charge in [0.05, 0.1) is 21.8 Å². The molecular weight excluding hydrogens is 336 g/mol. The summed E-state index contributed by atoms with van der Waals surface area (Å²) in [5.74, 6) is 2.00. The Labute approximate surface area is 147 Å². The standard InChI is InChI=1S/C16H16N8S/c1-22-14-11(8-21-22)15(19-10-18-14)23-3-5-24(6-4-23)16-13-12(2-7-25-13)17-9-20-16/h2,7-10H,3-6H2,1H3. The molecule has 25 heavy (non-hydrogen) atoms. The van der Waals surface area contributed by atoms with E-state index < -0.39 is 0 Å². The molecule has 0 amide bonds. The number of rotatable bonds is 2. The van der Waals surface area contributed by atoms with Gasteiger partial charge in [-0.2, -0.15) is 5.10 Å². The van der Waals surface area contributed by atoms with Crippen LogP contribution in [0.15, 0.2) is 30.3 Å². The van der Waals surface area contributed by atoms with Crippen molar-refractivity contribution >= 4 is 44.2 Å². The van der Waals surface area contributed by atoms with E-state index in [4.69, 9.17) is 0 Å². The van der Waals surface area contributed by atoms with E-state index in [0.717, 1.165) is 59.1 Å². The molecule has 0 unspecified atom stereocenters. The number of anilines is 2. The van der Waals surface area contributed by atoms with Gasteiger partial charge in [-0.1, -0.05) is 0 Å². The van der Waals surface area contributed by atoms with Gasteiger partial charge in [-0.25, -0.2) is 19.9 Å². The molecule has 5 rings (SSSR count). The Morgan fingerprint density at radius 1 is 0.920 bits per heavy atom. The van der Waals surface area contributed by atoms with Crippen LogP contribution in [0.25, 0.3) is 21.3 Å². The fraction of sp³-hybridized carbons (Fsp3) is 0.312. The van der Waals surface area contributed by atoms with E-state index in [1.807, 2.05) is 19.3 Å². The van der Waals surface area contributed by atoms with Crippen molar-refractivity contribution in [3.63, 3.8) is 0 Å². The lowest BCUT2D eigenvalue weighted by Gasteiger charge is -2.36. The molecule has 8 nitrogen and oxygen atoms in total. The normalized spacial score (nSPS) is 15.4. The van der Waals surface area contributed by atoms with E-state index in [0.29, 0.717) is 0 Å². The molecule has 1 aliphatic rings. The van der Waals surface area contributed by atoms with Crippen LogP contribution in [0, 0.1) is 0 Å². The Bertz CT molecular complexity index is 1050. The molecule has 0 radical (unpaired) electrons. The molecule has 5 heterocycles. The van der Waals surface area contributed by atoms with Crippen molar-refractivity contribution < 1.29 is 0 Å². The third-order valence-corrected chi connectivity index (χ3v) is 5.51. The summed E-state index contributed by atoms with van der Waals surface area (Å²) in [6, 6.07) is 2.04. The van der Waals surface area contributed by atoms with Gasteiger partial charge in [0.25, 0.3) is 0 Å². The van der Waals surface area contributed by atoms with Crippen molar-refractivity contribution in [2.45, 2.75) is 0 Å². The van der Waals surface area contributed by atoms with Gasteiger partial charge in [-0.05, 0) is 11.4 Å². The van der Waals surface area contributed by atoms with E-state index in [1.54, 1.807) is 28.7 Å². The Kier molecular flexibility index (Phi) is 3.27. The van der Waals surface area contributed by atoms with Crippen LogP contribution in [0.4, 0.5) is 11.6 Å². The molecule has 4 aromatic rings. The molecule has 0 saturated carbocycles. The van der Waals surface area contributed by atoms with Crippen LogP contribution < -0.4 is 9.80 Å². The fourth-order valence-electron chi connectivity index (χ4n) is 3.33. The molecule has 0 aliphatic carbocycles. The molecule has 1 fully saturated rings. The Balaban J connectivity index is 1.42. The average molecular weight is 352 g/mol. The largest absolute Gasteiger partial charge is 0.352 e. The van der Waals surface area contributed by atoms with Crippen LogP contribution in [0.3, 0.4) is 0 Å². The number of piperazine rings is 1. The molecule has 1 saturated heterocycles. The minimum absolute atomic E-state index is 0.864. The van der Waals surface area contributed by atoms with Crippen molar-refractivity contribution in [1.82, 2.24) is 29.7 Å². The minimum Gasteiger partial charge on any atom is -0.352 e. The predicted molar refractivity (Wildman–Crippen MR) is 98.1 cm³/mol. The minimum atomic E-state index is 0.864. The first kappa shape index (κ1) is 14.5. The second kappa shape index (κ2) is 5.62. The van der Waals surface area contributed by atoms with Crippen LogP contribution in [-0.4, -0.2) is 55.9 Å². The van der Waals surface area contributed by atoms with Gasteiger partial charge in [0, 0.05) is 33.2 Å². The van der Waals surface area contributed by atoms with Crippen LogP contribution in [-0.2, 0) is 7.05 Å². The van der Waals surface area contributed by atoms with E-state index in [-0.39, 0.29) is 0 Å². The number of fused-ring (bicyclic) bond motifs is 2. The van der Waals surface area contributed by atoms with Crippen LogP contribution in [0.1, 0.15) is 0 Å². The van der Waals surface area contributed by atoms with Gasteiger partial charge in [-0.3, -0.25) is 4.68 Å². The average Bonchev–Trinajstić information content (AvgIpc) is 3.28. The lowest BCUT2D eigenvalue weighted by atomic mass is 10.2. The predicted octanol–water partition coefficient (Wildman–Crippen LogP) is 1.69. The SMILES string of the molecule is Cn1ncc2c(N3CCN(c4ncnc5ccsc45)CC3)ncnc21. The molecule has 0 N–H and O–H groups in total. The molecule has 0 aromatic carbocycles. The van der Waals surface area contributed by atoms with E-state index in [2.05, 4.69) is 40.2 Å². The van der Waals surface area contributed by atoms with Crippen molar-refractivity contribution in [3.05, 3.63) is 30.3 Å². The Morgan fingerprint density at radius 2 is 1.64 bits per heavy atom. The number of thiophene rings is 1. The topological polar surface area (TPSA) is 75.9 Å².